The summed E-state index contributed by atoms with van der Waals surface area (Å²) < 4.78 is 6.08. The van der Waals surface area contributed by atoms with E-state index in [1.807, 2.05) is 6.07 Å². The third kappa shape index (κ3) is 2.74. The molecule has 1 aliphatic heterocycles. The molecule has 0 aromatic heterocycles. The summed E-state index contributed by atoms with van der Waals surface area (Å²) >= 11 is 0.167. The molecule has 4 atom stereocenters. The average molecular weight is 391 g/mol. The maximum atomic E-state index is 12.0. The van der Waals surface area contributed by atoms with E-state index in [0.717, 1.165) is 31.1 Å². The molecular formula is C20H24O3Se. The Bertz CT molecular complexity index is 698. The first-order valence-electron chi connectivity index (χ1n) is 8.99. The van der Waals surface area contributed by atoms with Gasteiger partial charge < -0.3 is 0 Å². The van der Waals surface area contributed by atoms with Crippen LogP contribution in [-0.4, -0.2) is 25.6 Å². The monoisotopic (exact) mass is 392 g/mol. The van der Waals surface area contributed by atoms with Crippen molar-refractivity contribution in [3.63, 3.8) is 0 Å². The molecule has 4 heteroatoms. The summed E-state index contributed by atoms with van der Waals surface area (Å²) in [6, 6.07) is 6.20. The number of rotatable bonds is 1. The molecule has 0 N–H and O–H groups in total. The predicted octanol–water partition coefficient (Wildman–Crippen LogP) is 3.87. The standard InChI is InChI=1S/C20H24O3Se/c1-12(21)23-14-4-6-15-13(11-14)3-5-17-16(15)9-10-20(2)18(17)7-8-19(22)24-20/h4,6,11,16-18H,3,5,7-10H2,1-2H3/t16-,17-,18+,20+/m1/s1. The Morgan fingerprint density at radius 1 is 1.25 bits per heavy atom. The van der Waals surface area contributed by atoms with Crippen LogP contribution >= 0.6 is 0 Å². The van der Waals surface area contributed by atoms with Crippen molar-refractivity contribution >= 4 is 25.6 Å². The Morgan fingerprint density at radius 3 is 2.88 bits per heavy atom. The van der Waals surface area contributed by atoms with Crippen molar-refractivity contribution in [2.45, 2.75) is 62.6 Å². The third-order valence-electron chi connectivity index (χ3n) is 6.30. The Morgan fingerprint density at radius 2 is 2.08 bits per heavy atom. The van der Waals surface area contributed by atoms with Crippen LogP contribution in [0.1, 0.15) is 63.0 Å². The minimum absolute atomic E-state index is 0.167. The Balaban J connectivity index is 1.62. The van der Waals surface area contributed by atoms with Gasteiger partial charge in [0.25, 0.3) is 0 Å². The summed E-state index contributed by atoms with van der Waals surface area (Å²) in [5.41, 5.74) is 2.82. The fourth-order valence-electron chi connectivity index (χ4n) is 5.31. The molecule has 0 amide bonds. The van der Waals surface area contributed by atoms with Gasteiger partial charge in [-0.25, -0.2) is 0 Å². The zero-order chi connectivity index (χ0) is 16.9. The first-order chi connectivity index (χ1) is 11.5. The number of benzene rings is 1. The molecule has 1 aromatic rings. The van der Waals surface area contributed by atoms with Crippen molar-refractivity contribution in [1.82, 2.24) is 0 Å². The van der Waals surface area contributed by atoms with Crippen LogP contribution in [-0.2, 0) is 16.0 Å². The number of carbonyl (C=O) groups excluding carboxylic acids is 2. The van der Waals surface area contributed by atoms with Crippen LogP contribution in [0.15, 0.2) is 18.2 Å². The van der Waals surface area contributed by atoms with Gasteiger partial charge in [-0.2, -0.15) is 0 Å². The van der Waals surface area contributed by atoms with Gasteiger partial charge in [0, 0.05) is 0 Å². The molecule has 2 aliphatic carbocycles. The van der Waals surface area contributed by atoms with Crippen molar-refractivity contribution in [3.05, 3.63) is 29.3 Å². The number of esters is 1. The van der Waals surface area contributed by atoms with Gasteiger partial charge in [-0.15, -0.1) is 0 Å². The van der Waals surface area contributed by atoms with Crippen LogP contribution in [0.5, 0.6) is 5.75 Å². The molecule has 1 aromatic carbocycles. The number of hydrogen-bond donors (Lipinski definition) is 0. The second-order valence-corrected chi connectivity index (χ2v) is 11.1. The fourth-order valence-corrected chi connectivity index (χ4v) is 8.25. The molecule has 0 unspecified atom stereocenters. The number of hydrogen-bond acceptors (Lipinski definition) is 3. The molecule has 0 spiro atoms. The number of fused-ring (bicyclic) bond motifs is 5. The van der Waals surface area contributed by atoms with E-state index in [1.165, 1.54) is 37.3 Å². The summed E-state index contributed by atoms with van der Waals surface area (Å²) in [5, 5.41) is 0. The summed E-state index contributed by atoms with van der Waals surface area (Å²) in [5.74, 6) is 2.49. The topological polar surface area (TPSA) is 43.4 Å². The van der Waals surface area contributed by atoms with Gasteiger partial charge in [-0.05, 0) is 0 Å². The molecule has 1 heterocycles. The Labute approximate surface area is 149 Å². The normalized spacial score (nSPS) is 34.8. The van der Waals surface area contributed by atoms with Gasteiger partial charge in [0.15, 0.2) is 0 Å². The first kappa shape index (κ1) is 16.4. The van der Waals surface area contributed by atoms with Gasteiger partial charge >= 0.3 is 149 Å². The minimum atomic E-state index is -0.258. The molecule has 3 aliphatic rings. The van der Waals surface area contributed by atoms with E-state index in [-0.39, 0.29) is 20.9 Å². The quantitative estimate of drug-likeness (QED) is 0.415. The molecule has 1 saturated carbocycles. The maximum absolute atomic E-state index is 12.0. The van der Waals surface area contributed by atoms with E-state index in [1.54, 1.807) is 0 Å². The zero-order valence-electron chi connectivity index (χ0n) is 14.3. The molecule has 128 valence electrons. The van der Waals surface area contributed by atoms with Crippen molar-refractivity contribution in [2.24, 2.45) is 11.8 Å². The number of ether oxygens (including phenoxy) is 1. The van der Waals surface area contributed by atoms with Gasteiger partial charge in [0.1, 0.15) is 0 Å². The predicted molar refractivity (Wildman–Crippen MR) is 93.4 cm³/mol. The van der Waals surface area contributed by atoms with Gasteiger partial charge in [0.2, 0.25) is 0 Å². The second-order valence-electron chi connectivity index (χ2n) is 7.73. The summed E-state index contributed by atoms with van der Waals surface area (Å²) in [6.07, 6.45) is 6.58. The van der Waals surface area contributed by atoms with Crippen LogP contribution in [0, 0.1) is 11.8 Å². The van der Waals surface area contributed by atoms with Crippen LogP contribution in [0.3, 0.4) is 0 Å². The molecule has 0 radical (unpaired) electrons. The van der Waals surface area contributed by atoms with Crippen molar-refractivity contribution in [3.8, 4) is 5.75 Å². The second kappa shape index (κ2) is 6.00. The van der Waals surface area contributed by atoms with Gasteiger partial charge in [-0.1, -0.05) is 0 Å². The molecule has 4 rings (SSSR count). The van der Waals surface area contributed by atoms with Crippen LogP contribution in [0.25, 0.3) is 0 Å². The third-order valence-corrected chi connectivity index (χ3v) is 9.25. The van der Waals surface area contributed by atoms with E-state index in [0.29, 0.717) is 20.7 Å². The fraction of sp³-hybridized carbons (Fsp3) is 0.600. The molecule has 3 nitrogen and oxygen atoms in total. The Hall–Kier alpha value is -1.12. The number of aryl methyl sites for hydroxylation is 1. The summed E-state index contributed by atoms with van der Waals surface area (Å²) in [6.45, 7) is 3.83. The van der Waals surface area contributed by atoms with Crippen molar-refractivity contribution in [1.29, 1.82) is 0 Å². The summed E-state index contributed by atoms with van der Waals surface area (Å²) in [7, 11) is 0. The van der Waals surface area contributed by atoms with E-state index in [2.05, 4.69) is 19.1 Å². The van der Waals surface area contributed by atoms with Crippen LogP contribution < -0.4 is 4.74 Å². The Kier molecular flexibility index (Phi) is 4.09. The molecule has 2 fully saturated rings. The van der Waals surface area contributed by atoms with Crippen LogP contribution in [0.4, 0.5) is 0 Å². The van der Waals surface area contributed by atoms with E-state index < -0.39 is 0 Å². The zero-order valence-corrected chi connectivity index (χ0v) is 16.1. The molecule has 1 saturated heterocycles. The molecular weight excluding hydrogens is 367 g/mol. The van der Waals surface area contributed by atoms with E-state index in [9.17, 15) is 9.59 Å². The molecule has 24 heavy (non-hydrogen) atoms. The average Bonchev–Trinajstić information content (AvgIpc) is 2.52. The number of carbonyl (C=O) groups is 2. The van der Waals surface area contributed by atoms with Crippen LogP contribution in [0.2, 0.25) is 4.31 Å². The van der Waals surface area contributed by atoms with E-state index in [4.69, 9.17) is 4.74 Å². The van der Waals surface area contributed by atoms with Crippen molar-refractivity contribution < 1.29 is 14.3 Å². The van der Waals surface area contributed by atoms with Gasteiger partial charge in [0.05, 0.1) is 0 Å². The van der Waals surface area contributed by atoms with Crippen molar-refractivity contribution in [2.75, 3.05) is 0 Å². The molecule has 0 bridgehead atoms. The summed E-state index contributed by atoms with van der Waals surface area (Å²) in [4.78, 5) is 23.2. The SMILES string of the molecule is CC(=O)Oc1ccc2c(c1)CC[C@@H]1[C@@H]2CC[C@]2(C)[Se]C(=O)CC[C@@H]12. The van der Waals surface area contributed by atoms with Gasteiger partial charge in [-0.3, -0.25) is 0 Å². The first-order valence-corrected chi connectivity index (χ1v) is 10.7. The van der Waals surface area contributed by atoms with E-state index >= 15 is 0 Å².